The van der Waals surface area contributed by atoms with Crippen LogP contribution in [0.15, 0.2) is 18.2 Å². The molecule has 0 aliphatic carbocycles. The van der Waals surface area contributed by atoms with E-state index in [9.17, 15) is 18.4 Å². The van der Waals surface area contributed by atoms with Gasteiger partial charge in [0.1, 0.15) is 17.3 Å². The number of nitrogens with zero attached hydrogens (tertiary/aromatic N) is 2. The molecule has 3 rings (SSSR count). The standard InChI is InChI=1S/C15H15F2N3O2/c1-9(21)19-2-4-20(5-3-19)15(22)14-8-11-12(17)6-10(16)7-13(11)18-14/h6-8,18H,2-5H2,1H3. The highest BCUT2D eigenvalue weighted by Crippen LogP contribution is 2.21. The van der Waals surface area contributed by atoms with Gasteiger partial charge in [-0.2, -0.15) is 0 Å². The third-order valence-electron chi connectivity index (χ3n) is 3.89. The summed E-state index contributed by atoms with van der Waals surface area (Å²) in [6.45, 7) is 3.29. The Bertz CT molecular complexity index is 749. The van der Waals surface area contributed by atoms with Crippen molar-refractivity contribution < 1.29 is 18.4 Å². The number of carbonyl (C=O) groups is 2. The minimum Gasteiger partial charge on any atom is -0.350 e. The van der Waals surface area contributed by atoms with Crippen molar-refractivity contribution in [3.05, 3.63) is 35.5 Å². The van der Waals surface area contributed by atoms with Gasteiger partial charge in [-0.15, -0.1) is 0 Å². The Morgan fingerprint density at radius 3 is 2.32 bits per heavy atom. The van der Waals surface area contributed by atoms with Crippen LogP contribution in [-0.4, -0.2) is 52.8 Å². The van der Waals surface area contributed by atoms with Gasteiger partial charge in [-0.1, -0.05) is 0 Å². The molecule has 5 nitrogen and oxygen atoms in total. The average molecular weight is 307 g/mol. The lowest BCUT2D eigenvalue weighted by atomic mass is 10.2. The summed E-state index contributed by atoms with van der Waals surface area (Å²) in [6, 6.07) is 3.34. The monoisotopic (exact) mass is 307 g/mol. The van der Waals surface area contributed by atoms with E-state index in [4.69, 9.17) is 0 Å². The second-order valence-corrected chi connectivity index (χ2v) is 5.33. The fraction of sp³-hybridized carbons (Fsp3) is 0.333. The Hall–Kier alpha value is -2.44. The highest BCUT2D eigenvalue weighted by molar-refractivity contribution is 5.98. The molecule has 7 heteroatoms. The van der Waals surface area contributed by atoms with Crippen LogP contribution in [0.4, 0.5) is 8.78 Å². The summed E-state index contributed by atoms with van der Waals surface area (Å²) in [6.07, 6.45) is 0. The van der Waals surface area contributed by atoms with Crippen molar-refractivity contribution in [1.82, 2.24) is 14.8 Å². The summed E-state index contributed by atoms with van der Waals surface area (Å²) in [4.78, 5) is 29.7. The van der Waals surface area contributed by atoms with E-state index in [2.05, 4.69) is 4.98 Å². The molecule has 1 N–H and O–H groups in total. The summed E-state index contributed by atoms with van der Waals surface area (Å²) < 4.78 is 26.9. The Morgan fingerprint density at radius 1 is 1.05 bits per heavy atom. The largest absolute Gasteiger partial charge is 0.350 e. The van der Waals surface area contributed by atoms with E-state index in [1.807, 2.05) is 0 Å². The number of benzene rings is 1. The summed E-state index contributed by atoms with van der Waals surface area (Å²) in [7, 11) is 0. The number of nitrogens with one attached hydrogen (secondary N) is 1. The maximum absolute atomic E-state index is 13.7. The molecule has 1 aromatic heterocycles. The Kier molecular flexibility index (Phi) is 3.56. The summed E-state index contributed by atoms with van der Waals surface area (Å²) in [5, 5.41) is 0.187. The molecule has 0 bridgehead atoms. The van der Waals surface area contributed by atoms with Crippen LogP contribution in [0, 0.1) is 11.6 Å². The van der Waals surface area contributed by atoms with E-state index in [1.165, 1.54) is 13.0 Å². The van der Waals surface area contributed by atoms with E-state index in [0.29, 0.717) is 26.2 Å². The van der Waals surface area contributed by atoms with Gasteiger partial charge in [0.25, 0.3) is 5.91 Å². The SMILES string of the molecule is CC(=O)N1CCN(C(=O)c2cc3c(F)cc(F)cc3[nH]2)CC1. The normalized spacial score (nSPS) is 15.4. The molecule has 2 heterocycles. The number of hydrogen-bond donors (Lipinski definition) is 1. The molecule has 2 aromatic rings. The predicted molar refractivity (Wildman–Crippen MR) is 76.4 cm³/mol. The first-order valence-electron chi connectivity index (χ1n) is 6.98. The van der Waals surface area contributed by atoms with Gasteiger partial charge in [0.15, 0.2) is 0 Å². The van der Waals surface area contributed by atoms with E-state index in [1.54, 1.807) is 9.80 Å². The van der Waals surface area contributed by atoms with Crippen LogP contribution in [0.25, 0.3) is 10.9 Å². The molecule has 2 amide bonds. The maximum atomic E-state index is 13.7. The van der Waals surface area contributed by atoms with E-state index >= 15 is 0 Å². The van der Waals surface area contributed by atoms with Crippen LogP contribution < -0.4 is 0 Å². The molecular weight excluding hydrogens is 292 g/mol. The van der Waals surface area contributed by atoms with Crippen molar-refractivity contribution >= 4 is 22.7 Å². The van der Waals surface area contributed by atoms with Crippen LogP contribution in [-0.2, 0) is 4.79 Å². The van der Waals surface area contributed by atoms with Gasteiger partial charge in [0.2, 0.25) is 5.91 Å². The quantitative estimate of drug-likeness (QED) is 0.872. The van der Waals surface area contributed by atoms with Crippen molar-refractivity contribution in [2.75, 3.05) is 26.2 Å². The zero-order valence-electron chi connectivity index (χ0n) is 12.0. The van der Waals surface area contributed by atoms with E-state index < -0.39 is 11.6 Å². The number of carbonyl (C=O) groups excluding carboxylic acids is 2. The number of amides is 2. The van der Waals surface area contributed by atoms with Crippen LogP contribution in [0.2, 0.25) is 0 Å². The number of rotatable bonds is 1. The van der Waals surface area contributed by atoms with Gasteiger partial charge in [-0.3, -0.25) is 9.59 Å². The minimum atomic E-state index is -0.702. The highest BCUT2D eigenvalue weighted by atomic mass is 19.1. The van der Waals surface area contributed by atoms with Crippen molar-refractivity contribution in [2.24, 2.45) is 0 Å². The van der Waals surface area contributed by atoms with E-state index in [0.717, 1.165) is 12.1 Å². The fourth-order valence-corrected chi connectivity index (χ4v) is 2.67. The van der Waals surface area contributed by atoms with Crippen LogP contribution >= 0.6 is 0 Å². The van der Waals surface area contributed by atoms with Crippen LogP contribution in [0.1, 0.15) is 17.4 Å². The van der Waals surface area contributed by atoms with Crippen LogP contribution in [0.3, 0.4) is 0 Å². The Morgan fingerprint density at radius 2 is 1.68 bits per heavy atom. The first kappa shape index (κ1) is 14.5. The molecule has 0 unspecified atom stereocenters. The second kappa shape index (κ2) is 5.40. The third-order valence-corrected chi connectivity index (χ3v) is 3.89. The van der Waals surface area contributed by atoms with Crippen molar-refractivity contribution in [3.63, 3.8) is 0 Å². The predicted octanol–water partition coefficient (Wildman–Crippen LogP) is 1.75. The molecule has 0 saturated carbocycles. The molecule has 0 radical (unpaired) electrons. The van der Waals surface area contributed by atoms with Gasteiger partial charge in [-0.25, -0.2) is 8.78 Å². The lowest BCUT2D eigenvalue weighted by Crippen LogP contribution is -2.50. The topological polar surface area (TPSA) is 56.4 Å². The van der Waals surface area contributed by atoms with Gasteiger partial charge >= 0.3 is 0 Å². The van der Waals surface area contributed by atoms with Crippen LogP contribution in [0.5, 0.6) is 0 Å². The van der Waals surface area contributed by atoms with Crippen molar-refractivity contribution in [2.45, 2.75) is 6.92 Å². The lowest BCUT2D eigenvalue weighted by Gasteiger charge is -2.33. The third kappa shape index (κ3) is 2.54. The second-order valence-electron chi connectivity index (χ2n) is 5.33. The molecule has 116 valence electrons. The molecule has 1 aliphatic rings. The summed E-state index contributed by atoms with van der Waals surface area (Å²) in [5.74, 6) is -1.69. The maximum Gasteiger partial charge on any atom is 0.270 e. The van der Waals surface area contributed by atoms with Gasteiger partial charge in [0, 0.05) is 44.6 Å². The number of halogens is 2. The Labute approximate surface area is 125 Å². The number of H-pyrrole nitrogens is 1. The number of hydrogen-bond acceptors (Lipinski definition) is 2. The molecule has 1 saturated heterocycles. The lowest BCUT2D eigenvalue weighted by molar-refractivity contribution is -0.130. The van der Waals surface area contributed by atoms with Crippen molar-refractivity contribution in [1.29, 1.82) is 0 Å². The Balaban J connectivity index is 1.81. The average Bonchev–Trinajstić information content (AvgIpc) is 2.90. The number of aromatic amines is 1. The number of fused-ring (bicyclic) bond motifs is 1. The molecule has 0 spiro atoms. The molecule has 1 aromatic carbocycles. The summed E-state index contributed by atoms with van der Waals surface area (Å²) in [5.41, 5.74) is 0.471. The zero-order chi connectivity index (χ0) is 15.9. The number of piperazine rings is 1. The molecule has 22 heavy (non-hydrogen) atoms. The highest BCUT2D eigenvalue weighted by Gasteiger charge is 2.24. The van der Waals surface area contributed by atoms with Gasteiger partial charge in [0.05, 0.1) is 5.52 Å². The molecular formula is C15H15F2N3O2. The smallest absolute Gasteiger partial charge is 0.270 e. The zero-order valence-corrected chi connectivity index (χ0v) is 12.0. The first-order valence-corrected chi connectivity index (χ1v) is 6.98. The van der Waals surface area contributed by atoms with Gasteiger partial charge < -0.3 is 14.8 Å². The van der Waals surface area contributed by atoms with Crippen molar-refractivity contribution in [3.8, 4) is 0 Å². The van der Waals surface area contributed by atoms with Gasteiger partial charge in [-0.05, 0) is 12.1 Å². The van der Waals surface area contributed by atoms with E-state index in [-0.39, 0.29) is 28.4 Å². The first-order chi connectivity index (χ1) is 10.5. The minimum absolute atomic E-state index is 0.0183. The number of aromatic nitrogens is 1. The summed E-state index contributed by atoms with van der Waals surface area (Å²) >= 11 is 0. The molecule has 1 fully saturated rings. The molecule has 0 atom stereocenters. The molecule has 1 aliphatic heterocycles. The fourth-order valence-electron chi connectivity index (χ4n) is 2.67.